The molecule has 0 atom stereocenters. The molecule has 0 unspecified atom stereocenters. The molecule has 1 nitrogen and oxygen atoms in total. The van der Waals surface area contributed by atoms with Crippen LogP contribution in [0.5, 0.6) is 0 Å². The summed E-state index contributed by atoms with van der Waals surface area (Å²) in [5.74, 6) is 0.397. The van der Waals surface area contributed by atoms with Gasteiger partial charge < -0.3 is 0 Å². The topological polar surface area (TPSA) is 17.1 Å². The van der Waals surface area contributed by atoms with E-state index in [1.807, 2.05) is 18.2 Å². The molecule has 0 heterocycles. The van der Waals surface area contributed by atoms with Gasteiger partial charge in [-0.05, 0) is 28.2 Å². The Kier molecular flexibility index (Phi) is 10.3. The first-order valence-electron chi connectivity index (χ1n) is 8.82. The quantitative estimate of drug-likeness (QED) is 0.418. The molecule has 0 bridgehead atoms. The SMILES string of the molecule is CC(C)(C)C(C(=O)CCc1ccccc1)(C(C)(C)C)C(C)(C)C.[Pd].[Pd]. The summed E-state index contributed by atoms with van der Waals surface area (Å²) in [5.41, 5.74) is 0.555. The number of benzene rings is 1. The molecule has 0 aliphatic heterocycles. The van der Waals surface area contributed by atoms with Crippen LogP contribution in [0.3, 0.4) is 0 Å². The number of carbonyl (C=O) groups excluding carboxylic acids is 1. The van der Waals surface area contributed by atoms with Gasteiger partial charge in [0.1, 0.15) is 5.78 Å². The summed E-state index contributed by atoms with van der Waals surface area (Å²) in [4.78, 5) is 13.6. The Balaban J connectivity index is 0. The summed E-state index contributed by atoms with van der Waals surface area (Å²) in [7, 11) is 0. The zero-order chi connectivity index (χ0) is 18.1. The van der Waals surface area contributed by atoms with Crippen LogP contribution in [0.4, 0.5) is 0 Å². The average molecular weight is 529 g/mol. The van der Waals surface area contributed by atoms with E-state index in [1.54, 1.807) is 0 Å². The van der Waals surface area contributed by atoms with Crippen LogP contribution < -0.4 is 0 Å². The normalized spacial score (nSPS) is 12.8. The smallest absolute Gasteiger partial charge is 0.140 e. The second kappa shape index (κ2) is 9.42. The summed E-state index contributed by atoms with van der Waals surface area (Å²) in [6.45, 7) is 20.0. The largest absolute Gasteiger partial charge is 0.299 e. The van der Waals surface area contributed by atoms with E-state index in [-0.39, 0.29) is 62.5 Å². The first-order valence-corrected chi connectivity index (χ1v) is 8.82. The van der Waals surface area contributed by atoms with Gasteiger partial charge in [-0.25, -0.2) is 0 Å². The molecule has 0 amide bonds. The van der Waals surface area contributed by atoms with Crippen molar-refractivity contribution in [1.29, 1.82) is 0 Å². The van der Waals surface area contributed by atoms with E-state index in [0.717, 1.165) is 6.42 Å². The van der Waals surface area contributed by atoms with Crippen LogP contribution in [0.15, 0.2) is 30.3 Å². The van der Waals surface area contributed by atoms with E-state index in [4.69, 9.17) is 0 Å². The van der Waals surface area contributed by atoms with Gasteiger partial charge in [0.15, 0.2) is 0 Å². The van der Waals surface area contributed by atoms with Gasteiger partial charge >= 0.3 is 0 Å². The van der Waals surface area contributed by atoms with Crippen molar-refractivity contribution in [3.05, 3.63) is 35.9 Å². The fraction of sp³-hybridized carbons (Fsp3) is 0.682. The van der Waals surface area contributed by atoms with Crippen molar-refractivity contribution in [1.82, 2.24) is 0 Å². The molecule has 0 N–H and O–H groups in total. The molecule has 0 fully saturated rings. The van der Waals surface area contributed by atoms with Crippen LogP contribution in [0, 0.1) is 21.7 Å². The van der Waals surface area contributed by atoms with Crippen molar-refractivity contribution < 1.29 is 45.6 Å². The molecule has 0 saturated heterocycles. The Bertz CT molecular complexity index is 492. The summed E-state index contributed by atoms with van der Waals surface area (Å²) < 4.78 is 0. The fourth-order valence-electron chi connectivity index (χ4n) is 5.72. The second-order valence-corrected chi connectivity index (χ2v) is 9.91. The van der Waals surface area contributed by atoms with Crippen LogP contribution in [0.1, 0.15) is 74.3 Å². The minimum absolute atomic E-state index is 0. The maximum atomic E-state index is 13.6. The predicted octanol–water partition coefficient (Wildman–Crippen LogP) is 6.31. The van der Waals surface area contributed by atoms with Crippen molar-refractivity contribution in [2.75, 3.05) is 0 Å². The molecule has 1 rings (SSSR count). The summed E-state index contributed by atoms with van der Waals surface area (Å²) in [6, 6.07) is 10.3. The third kappa shape index (κ3) is 5.59. The Hall–Kier alpha value is 0.215. The maximum absolute atomic E-state index is 13.6. The van der Waals surface area contributed by atoms with Crippen molar-refractivity contribution in [3.8, 4) is 0 Å². The van der Waals surface area contributed by atoms with Gasteiger partial charge in [0.25, 0.3) is 0 Å². The summed E-state index contributed by atoms with van der Waals surface area (Å²) >= 11 is 0. The minimum Gasteiger partial charge on any atom is -0.299 e. The molecule has 1 aromatic rings. The van der Waals surface area contributed by atoms with Crippen molar-refractivity contribution in [2.45, 2.75) is 75.2 Å². The van der Waals surface area contributed by atoms with E-state index >= 15 is 0 Å². The third-order valence-electron chi connectivity index (χ3n) is 5.28. The summed E-state index contributed by atoms with van der Waals surface area (Å²) in [6.07, 6.45) is 1.43. The van der Waals surface area contributed by atoms with Gasteiger partial charge in [-0.1, -0.05) is 92.6 Å². The van der Waals surface area contributed by atoms with Gasteiger partial charge in [0.05, 0.1) is 0 Å². The number of Topliss-reactive ketones (excluding diaryl/α,β-unsaturated/α-hetero) is 1. The Morgan fingerprint density at radius 3 is 1.40 bits per heavy atom. The number of hydrogen-bond donors (Lipinski definition) is 0. The monoisotopic (exact) mass is 528 g/mol. The number of hydrogen-bond acceptors (Lipinski definition) is 1. The van der Waals surface area contributed by atoms with Crippen molar-refractivity contribution in [2.24, 2.45) is 21.7 Å². The molecule has 3 heteroatoms. The number of rotatable bonds is 4. The van der Waals surface area contributed by atoms with Gasteiger partial charge in [-0.2, -0.15) is 0 Å². The standard InChI is InChI=1S/C22H36O.2Pd/c1-19(2,3)22(20(4,5)6,21(7,8)9)18(23)16-15-17-13-11-10-12-14-17;;/h10-14H,15-16H2,1-9H3;;. The Labute approximate surface area is 183 Å². The molecular weight excluding hydrogens is 493 g/mol. The molecule has 0 spiro atoms. The van der Waals surface area contributed by atoms with E-state index in [9.17, 15) is 4.79 Å². The molecule has 0 aliphatic rings. The average Bonchev–Trinajstić information content (AvgIpc) is 2.32. The van der Waals surface area contributed by atoms with Gasteiger partial charge in [0.2, 0.25) is 0 Å². The van der Waals surface area contributed by atoms with Gasteiger partial charge in [-0.15, -0.1) is 0 Å². The first kappa shape index (κ1) is 27.4. The fourth-order valence-corrected chi connectivity index (χ4v) is 5.72. The van der Waals surface area contributed by atoms with E-state index in [0.29, 0.717) is 12.2 Å². The van der Waals surface area contributed by atoms with Gasteiger partial charge in [0, 0.05) is 52.7 Å². The maximum Gasteiger partial charge on any atom is 0.140 e. The van der Waals surface area contributed by atoms with Crippen LogP contribution in [-0.2, 0) is 52.1 Å². The number of ketones is 1. The number of carbonyl (C=O) groups is 1. The molecule has 0 aromatic heterocycles. The second-order valence-electron chi connectivity index (χ2n) is 9.91. The first-order chi connectivity index (χ1) is 10.2. The molecule has 0 saturated carbocycles. The molecule has 0 radical (unpaired) electrons. The summed E-state index contributed by atoms with van der Waals surface area (Å²) in [5, 5.41) is 0. The van der Waals surface area contributed by atoms with Crippen molar-refractivity contribution in [3.63, 3.8) is 0 Å². The zero-order valence-electron chi connectivity index (χ0n) is 17.3. The van der Waals surface area contributed by atoms with Crippen LogP contribution >= 0.6 is 0 Å². The van der Waals surface area contributed by atoms with E-state index in [1.165, 1.54) is 5.56 Å². The van der Waals surface area contributed by atoms with Crippen LogP contribution in [0.25, 0.3) is 0 Å². The van der Waals surface area contributed by atoms with Crippen LogP contribution in [-0.4, -0.2) is 5.78 Å². The number of aryl methyl sites for hydroxylation is 1. The minimum atomic E-state index is -0.387. The Morgan fingerprint density at radius 2 is 1.08 bits per heavy atom. The Morgan fingerprint density at radius 1 is 0.720 bits per heavy atom. The molecule has 1 aromatic carbocycles. The zero-order valence-corrected chi connectivity index (χ0v) is 20.5. The molecular formula is C22H36OPd2. The van der Waals surface area contributed by atoms with Crippen molar-refractivity contribution >= 4 is 5.78 Å². The van der Waals surface area contributed by atoms with E-state index in [2.05, 4.69) is 74.4 Å². The molecule has 25 heavy (non-hydrogen) atoms. The molecule has 150 valence electrons. The molecule has 0 aliphatic carbocycles. The third-order valence-corrected chi connectivity index (χ3v) is 5.28. The van der Waals surface area contributed by atoms with Crippen LogP contribution in [0.2, 0.25) is 0 Å². The van der Waals surface area contributed by atoms with E-state index < -0.39 is 0 Å². The predicted molar refractivity (Wildman–Crippen MR) is 101 cm³/mol. The van der Waals surface area contributed by atoms with Gasteiger partial charge in [-0.3, -0.25) is 4.79 Å².